The number of carbonyl (C=O) groups is 1. The van der Waals surface area contributed by atoms with E-state index >= 15 is 0 Å². The van der Waals surface area contributed by atoms with Gasteiger partial charge in [-0.3, -0.25) is 4.79 Å². The van der Waals surface area contributed by atoms with Crippen LogP contribution in [0.4, 0.5) is 0 Å². The van der Waals surface area contributed by atoms with Crippen LogP contribution in [0.1, 0.15) is 16.8 Å². The molecule has 0 aliphatic carbocycles. The van der Waals surface area contributed by atoms with Gasteiger partial charge < -0.3 is 26.0 Å². The second kappa shape index (κ2) is 7.52. The van der Waals surface area contributed by atoms with E-state index < -0.39 is 0 Å². The standard InChI is InChI=1S/C12H18N2O4/c13-4-7-18-6-1-5-14-12(17)10-3-2-9(15)8-11(10)16/h2-3,8,15-16H,1,4-7,13H2,(H,14,17). The molecule has 0 aliphatic rings. The highest BCUT2D eigenvalue weighted by Crippen LogP contribution is 2.22. The highest BCUT2D eigenvalue weighted by Gasteiger charge is 2.10. The Morgan fingerprint density at radius 2 is 2.11 bits per heavy atom. The summed E-state index contributed by atoms with van der Waals surface area (Å²) in [6, 6.07) is 3.84. The monoisotopic (exact) mass is 254 g/mol. The molecular formula is C12H18N2O4. The molecule has 0 saturated heterocycles. The summed E-state index contributed by atoms with van der Waals surface area (Å²) in [6.07, 6.45) is 0.671. The fraction of sp³-hybridized carbons (Fsp3) is 0.417. The summed E-state index contributed by atoms with van der Waals surface area (Å²) in [5.74, 6) is -0.711. The van der Waals surface area contributed by atoms with Gasteiger partial charge in [-0.25, -0.2) is 0 Å². The van der Waals surface area contributed by atoms with E-state index in [0.29, 0.717) is 32.7 Å². The summed E-state index contributed by atoms with van der Waals surface area (Å²) in [6.45, 7) is 1.96. The third-order valence-electron chi connectivity index (χ3n) is 2.24. The molecule has 6 heteroatoms. The van der Waals surface area contributed by atoms with Crippen LogP contribution >= 0.6 is 0 Å². The molecule has 6 nitrogen and oxygen atoms in total. The molecule has 0 saturated carbocycles. The Morgan fingerprint density at radius 3 is 2.78 bits per heavy atom. The highest BCUT2D eigenvalue weighted by molar-refractivity contribution is 5.96. The Labute approximate surface area is 105 Å². The molecule has 1 aromatic carbocycles. The maximum absolute atomic E-state index is 11.7. The number of nitrogens with two attached hydrogens (primary N) is 1. The number of aromatic hydroxyl groups is 2. The maximum Gasteiger partial charge on any atom is 0.255 e. The van der Waals surface area contributed by atoms with E-state index in [1.165, 1.54) is 12.1 Å². The average Bonchev–Trinajstić information content (AvgIpc) is 2.33. The summed E-state index contributed by atoms with van der Waals surface area (Å²) >= 11 is 0. The summed E-state index contributed by atoms with van der Waals surface area (Å²) in [5, 5.41) is 21.2. The largest absolute Gasteiger partial charge is 0.508 e. The first-order valence-corrected chi connectivity index (χ1v) is 5.73. The fourth-order valence-electron chi connectivity index (χ4n) is 1.37. The van der Waals surface area contributed by atoms with Gasteiger partial charge in [0.25, 0.3) is 5.91 Å². The maximum atomic E-state index is 11.7. The highest BCUT2D eigenvalue weighted by atomic mass is 16.5. The van der Waals surface area contributed by atoms with Gasteiger partial charge in [-0.05, 0) is 18.6 Å². The van der Waals surface area contributed by atoms with Gasteiger partial charge in [0, 0.05) is 25.8 Å². The van der Waals surface area contributed by atoms with E-state index in [9.17, 15) is 9.90 Å². The van der Waals surface area contributed by atoms with Crippen molar-refractivity contribution in [2.75, 3.05) is 26.3 Å². The minimum absolute atomic E-state index is 0.0840. The van der Waals surface area contributed by atoms with E-state index in [1.807, 2.05) is 0 Å². The number of phenols is 2. The zero-order chi connectivity index (χ0) is 13.4. The van der Waals surface area contributed by atoms with Crippen LogP contribution in [0, 0.1) is 0 Å². The van der Waals surface area contributed by atoms with Crippen molar-refractivity contribution in [1.82, 2.24) is 5.32 Å². The summed E-state index contributed by atoms with van der Waals surface area (Å²) in [4.78, 5) is 11.7. The molecule has 0 unspecified atom stereocenters. The van der Waals surface area contributed by atoms with Crippen molar-refractivity contribution in [2.45, 2.75) is 6.42 Å². The van der Waals surface area contributed by atoms with Gasteiger partial charge in [0.1, 0.15) is 11.5 Å². The first-order chi connectivity index (χ1) is 8.65. The second-order valence-corrected chi connectivity index (χ2v) is 3.71. The molecule has 0 fully saturated rings. The topological polar surface area (TPSA) is 105 Å². The van der Waals surface area contributed by atoms with Crippen LogP contribution in [0.15, 0.2) is 18.2 Å². The zero-order valence-electron chi connectivity index (χ0n) is 10.1. The molecule has 0 atom stereocenters. The Morgan fingerprint density at radius 1 is 1.33 bits per heavy atom. The number of nitrogens with one attached hydrogen (secondary N) is 1. The number of phenolic OH excluding ortho intramolecular Hbond substituents is 2. The molecule has 0 spiro atoms. The third-order valence-corrected chi connectivity index (χ3v) is 2.24. The molecule has 1 amide bonds. The van der Waals surface area contributed by atoms with Gasteiger partial charge in [0.05, 0.1) is 12.2 Å². The van der Waals surface area contributed by atoms with Gasteiger partial charge in [-0.2, -0.15) is 0 Å². The van der Waals surface area contributed by atoms with E-state index in [-0.39, 0.29) is 23.0 Å². The SMILES string of the molecule is NCCOCCCNC(=O)c1ccc(O)cc1O. The van der Waals surface area contributed by atoms with Gasteiger partial charge in [0.2, 0.25) is 0 Å². The van der Waals surface area contributed by atoms with Gasteiger partial charge in [-0.15, -0.1) is 0 Å². The van der Waals surface area contributed by atoms with Crippen LogP contribution in [0.25, 0.3) is 0 Å². The van der Waals surface area contributed by atoms with Crippen LogP contribution in [0.2, 0.25) is 0 Å². The fourth-order valence-corrected chi connectivity index (χ4v) is 1.37. The number of amides is 1. The molecule has 18 heavy (non-hydrogen) atoms. The predicted octanol–water partition coefficient (Wildman–Crippen LogP) is 0.193. The lowest BCUT2D eigenvalue weighted by Crippen LogP contribution is -2.25. The minimum Gasteiger partial charge on any atom is -0.508 e. The van der Waals surface area contributed by atoms with E-state index in [0.717, 1.165) is 6.07 Å². The zero-order valence-corrected chi connectivity index (χ0v) is 10.1. The van der Waals surface area contributed by atoms with E-state index in [4.69, 9.17) is 15.6 Å². The molecular weight excluding hydrogens is 236 g/mol. The Hall–Kier alpha value is -1.79. The number of hydrogen-bond donors (Lipinski definition) is 4. The summed E-state index contributed by atoms with van der Waals surface area (Å²) < 4.78 is 5.15. The van der Waals surface area contributed by atoms with Gasteiger partial charge >= 0.3 is 0 Å². The first-order valence-electron chi connectivity index (χ1n) is 5.73. The Kier molecular flexibility index (Phi) is 5.96. The van der Waals surface area contributed by atoms with Crippen molar-refractivity contribution < 1.29 is 19.7 Å². The van der Waals surface area contributed by atoms with Crippen LogP contribution in [0.3, 0.4) is 0 Å². The second-order valence-electron chi connectivity index (χ2n) is 3.71. The van der Waals surface area contributed by atoms with Crippen molar-refractivity contribution >= 4 is 5.91 Å². The lowest BCUT2D eigenvalue weighted by Gasteiger charge is -2.07. The Balaban J connectivity index is 2.32. The number of ether oxygens (including phenoxy) is 1. The lowest BCUT2D eigenvalue weighted by atomic mass is 10.2. The van der Waals surface area contributed by atoms with Crippen molar-refractivity contribution in [1.29, 1.82) is 0 Å². The third kappa shape index (κ3) is 4.60. The van der Waals surface area contributed by atoms with Gasteiger partial charge in [-0.1, -0.05) is 0 Å². The number of hydrogen-bond acceptors (Lipinski definition) is 5. The van der Waals surface area contributed by atoms with Crippen LogP contribution < -0.4 is 11.1 Å². The normalized spacial score (nSPS) is 10.3. The molecule has 5 N–H and O–H groups in total. The van der Waals surface area contributed by atoms with E-state index in [1.54, 1.807) is 0 Å². The summed E-state index contributed by atoms with van der Waals surface area (Å²) in [7, 11) is 0. The lowest BCUT2D eigenvalue weighted by molar-refractivity contribution is 0.0940. The molecule has 1 rings (SSSR count). The van der Waals surface area contributed by atoms with Crippen molar-refractivity contribution in [3.8, 4) is 11.5 Å². The molecule has 100 valence electrons. The van der Waals surface area contributed by atoms with Crippen LogP contribution in [-0.2, 0) is 4.74 Å². The van der Waals surface area contributed by atoms with E-state index in [2.05, 4.69) is 5.32 Å². The number of carbonyl (C=O) groups excluding carboxylic acids is 1. The molecule has 0 aliphatic heterocycles. The molecule has 1 aromatic rings. The van der Waals surface area contributed by atoms with Crippen LogP contribution in [-0.4, -0.2) is 42.4 Å². The van der Waals surface area contributed by atoms with Crippen molar-refractivity contribution in [2.24, 2.45) is 5.73 Å². The van der Waals surface area contributed by atoms with Crippen molar-refractivity contribution in [3.05, 3.63) is 23.8 Å². The smallest absolute Gasteiger partial charge is 0.255 e. The number of rotatable bonds is 7. The van der Waals surface area contributed by atoms with Gasteiger partial charge in [0.15, 0.2) is 0 Å². The molecule has 0 aromatic heterocycles. The average molecular weight is 254 g/mol. The molecule has 0 bridgehead atoms. The number of benzene rings is 1. The van der Waals surface area contributed by atoms with Crippen LogP contribution in [0.5, 0.6) is 11.5 Å². The summed E-state index contributed by atoms with van der Waals surface area (Å²) in [5.41, 5.74) is 5.39. The first kappa shape index (κ1) is 14.3. The van der Waals surface area contributed by atoms with Crippen molar-refractivity contribution in [3.63, 3.8) is 0 Å². The quantitative estimate of drug-likeness (QED) is 0.520. The minimum atomic E-state index is -0.383. The predicted molar refractivity (Wildman–Crippen MR) is 66.6 cm³/mol. The molecule has 0 radical (unpaired) electrons. The Bertz CT molecular complexity index is 396. The molecule has 0 heterocycles.